The van der Waals surface area contributed by atoms with Gasteiger partial charge in [0.15, 0.2) is 0 Å². The third-order valence-electron chi connectivity index (χ3n) is 4.90. The van der Waals surface area contributed by atoms with E-state index in [9.17, 15) is 8.42 Å². The van der Waals surface area contributed by atoms with Crippen LogP contribution in [0.1, 0.15) is 36.4 Å². The Morgan fingerprint density at radius 3 is 2.74 bits per heavy atom. The molecule has 0 saturated carbocycles. The Hall–Kier alpha value is -1.73. The summed E-state index contributed by atoms with van der Waals surface area (Å²) in [5, 5.41) is 7.80. The minimum Gasteiger partial charge on any atom is -0.248 e. The molecule has 1 aliphatic carbocycles. The molecule has 1 aromatic carbocycles. The molecular formula is C16H20N4O2S. The van der Waals surface area contributed by atoms with Gasteiger partial charge in [-0.1, -0.05) is 11.3 Å². The minimum atomic E-state index is -3.42. The predicted octanol–water partition coefficient (Wildman–Crippen LogP) is 1.79. The van der Waals surface area contributed by atoms with Crippen LogP contribution in [0.25, 0.3) is 0 Å². The van der Waals surface area contributed by atoms with E-state index in [2.05, 4.69) is 10.3 Å². The molecule has 1 atom stereocenters. The number of hydrogen-bond donors (Lipinski definition) is 0. The maximum Gasteiger partial charge on any atom is 0.243 e. The van der Waals surface area contributed by atoms with E-state index in [1.165, 1.54) is 17.5 Å². The lowest BCUT2D eigenvalue weighted by Crippen LogP contribution is -2.29. The van der Waals surface area contributed by atoms with Gasteiger partial charge < -0.3 is 0 Å². The fraction of sp³-hybridized carbons (Fsp3) is 0.500. The molecule has 7 heteroatoms. The average molecular weight is 332 g/mol. The van der Waals surface area contributed by atoms with Crippen molar-refractivity contribution in [2.45, 2.75) is 43.0 Å². The quantitative estimate of drug-likeness (QED) is 0.859. The van der Waals surface area contributed by atoms with Crippen molar-refractivity contribution in [3.05, 3.63) is 41.7 Å². The molecule has 0 spiro atoms. The lowest BCUT2D eigenvalue weighted by molar-refractivity contribution is 0.428. The Morgan fingerprint density at radius 2 is 1.96 bits per heavy atom. The van der Waals surface area contributed by atoms with Gasteiger partial charge in [-0.25, -0.2) is 13.1 Å². The minimum absolute atomic E-state index is 0.0740. The molecule has 0 radical (unpaired) electrons. The van der Waals surface area contributed by atoms with Crippen molar-refractivity contribution in [2.75, 3.05) is 13.1 Å². The zero-order valence-electron chi connectivity index (χ0n) is 12.9. The molecule has 6 nitrogen and oxygen atoms in total. The zero-order valence-corrected chi connectivity index (χ0v) is 13.7. The molecule has 1 saturated heterocycles. The molecule has 2 aromatic rings. The Labute approximate surface area is 136 Å². The van der Waals surface area contributed by atoms with Crippen LogP contribution in [0.4, 0.5) is 0 Å². The highest BCUT2D eigenvalue weighted by Gasteiger charge is 2.34. The largest absolute Gasteiger partial charge is 0.248 e. The van der Waals surface area contributed by atoms with E-state index in [-0.39, 0.29) is 6.04 Å². The SMILES string of the molecule is O=S(=O)(c1ccc2c(c1)CCCC2)N1CC[C@@H](n2ccnn2)C1. The highest BCUT2D eigenvalue weighted by molar-refractivity contribution is 7.89. The standard InChI is InChI=1S/C16H20N4O2S/c21-23(22,16-6-5-13-3-1-2-4-14(13)11-16)19-9-7-15(12-19)20-10-8-17-18-20/h5-6,8,10-11,15H,1-4,7,9,12H2/t15-/m1/s1. The van der Waals surface area contributed by atoms with Crippen molar-refractivity contribution in [1.29, 1.82) is 0 Å². The summed E-state index contributed by atoms with van der Waals surface area (Å²) in [6.07, 6.45) is 8.58. The van der Waals surface area contributed by atoms with E-state index in [0.717, 1.165) is 25.7 Å². The van der Waals surface area contributed by atoms with Crippen molar-refractivity contribution >= 4 is 10.0 Å². The third kappa shape index (κ3) is 2.68. The molecule has 0 unspecified atom stereocenters. The molecule has 2 heterocycles. The second-order valence-electron chi connectivity index (χ2n) is 6.33. The Morgan fingerprint density at radius 1 is 1.13 bits per heavy atom. The van der Waals surface area contributed by atoms with Crippen LogP contribution in [-0.4, -0.2) is 40.8 Å². The topological polar surface area (TPSA) is 68.1 Å². The first-order chi connectivity index (χ1) is 11.1. The van der Waals surface area contributed by atoms with Gasteiger partial charge in [-0.15, -0.1) is 5.10 Å². The normalized spacial score (nSPS) is 22.2. The van der Waals surface area contributed by atoms with Crippen LogP contribution in [0, 0.1) is 0 Å². The fourth-order valence-corrected chi connectivity index (χ4v) is 5.12. The van der Waals surface area contributed by atoms with Crippen LogP contribution in [0.3, 0.4) is 0 Å². The number of benzene rings is 1. The molecule has 0 bridgehead atoms. The number of rotatable bonds is 3. The number of hydrogen-bond acceptors (Lipinski definition) is 4. The summed E-state index contributed by atoms with van der Waals surface area (Å²) in [7, 11) is -3.42. The van der Waals surface area contributed by atoms with Crippen molar-refractivity contribution in [3.63, 3.8) is 0 Å². The highest BCUT2D eigenvalue weighted by atomic mass is 32.2. The van der Waals surface area contributed by atoms with Gasteiger partial charge in [0.05, 0.1) is 17.1 Å². The van der Waals surface area contributed by atoms with Gasteiger partial charge in [-0.3, -0.25) is 0 Å². The third-order valence-corrected chi connectivity index (χ3v) is 6.76. The van der Waals surface area contributed by atoms with Crippen molar-refractivity contribution in [1.82, 2.24) is 19.3 Å². The summed E-state index contributed by atoms with van der Waals surface area (Å²) in [5.41, 5.74) is 2.50. The Balaban J connectivity index is 1.58. The molecular weight excluding hydrogens is 312 g/mol. The van der Waals surface area contributed by atoms with Gasteiger partial charge in [-0.05, 0) is 55.4 Å². The maximum atomic E-state index is 12.9. The first kappa shape index (κ1) is 14.8. The second kappa shape index (κ2) is 5.72. The summed E-state index contributed by atoms with van der Waals surface area (Å²) in [5.74, 6) is 0. The van der Waals surface area contributed by atoms with E-state index < -0.39 is 10.0 Å². The van der Waals surface area contributed by atoms with E-state index in [4.69, 9.17) is 0 Å². The zero-order chi connectivity index (χ0) is 15.9. The predicted molar refractivity (Wildman–Crippen MR) is 85.5 cm³/mol. The first-order valence-corrected chi connectivity index (χ1v) is 9.56. The van der Waals surface area contributed by atoms with Crippen LogP contribution in [-0.2, 0) is 22.9 Å². The number of aryl methyl sites for hydroxylation is 2. The second-order valence-corrected chi connectivity index (χ2v) is 8.26. The van der Waals surface area contributed by atoms with Crippen molar-refractivity contribution < 1.29 is 8.42 Å². The first-order valence-electron chi connectivity index (χ1n) is 8.12. The number of sulfonamides is 1. The fourth-order valence-electron chi connectivity index (χ4n) is 3.58. The summed E-state index contributed by atoms with van der Waals surface area (Å²) in [4.78, 5) is 0.428. The lowest BCUT2D eigenvalue weighted by Gasteiger charge is -2.20. The molecule has 2 aliphatic rings. The van der Waals surface area contributed by atoms with Crippen LogP contribution in [0.5, 0.6) is 0 Å². The average Bonchev–Trinajstić information content (AvgIpc) is 3.25. The molecule has 1 aromatic heterocycles. The van der Waals surface area contributed by atoms with Crippen LogP contribution in [0.2, 0.25) is 0 Å². The molecule has 122 valence electrons. The number of aromatic nitrogens is 3. The monoisotopic (exact) mass is 332 g/mol. The molecule has 0 N–H and O–H groups in total. The number of fused-ring (bicyclic) bond motifs is 1. The van der Waals surface area contributed by atoms with Gasteiger partial charge in [0.2, 0.25) is 10.0 Å². The van der Waals surface area contributed by atoms with E-state index >= 15 is 0 Å². The molecule has 1 fully saturated rings. The van der Waals surface area contributed by atoms with Crippen LogP contribution >= 0.6 is 0 Å². The maximum absolute atomic E-state index is 12.9. The lowest BCUT2D eigenvalue weighted by atomic mass is 9.92. The molecule has 0 amide bonds. The highest BCUT2D eigenvalue weighted by Crippen LogP contribution is 2.29. The Bertz CT molecular complexity index is 801. The van der Waals surface area contributed by atoms with E-state index in [1.807, 2.05) is 12.1 Å². The van der Waals surface area contributed by atoms with Crippen molar-refractivity contribution in [3.8, 4) is 0 Å². The van der Waals surface area contributed by atoms with Gasteiger partial charge in [0.25, 0.3) is 0 Å². The molecule has 1 aliphatic heterocycles. The van der Waals surface area contributed by atoms with Crippen LogP contribution < -0.4 is 0 Å². The van der Waals surface area contributed by atoms with Crippen LogP contribution in [0.15, 0.2) is 35.5 Å². The van der Waals surface area contributed by atoms with Gasteiger partial charge in [-0.2, -0.15) is 4.31 Å². The van der Waals surface area contributed by atoms with E-state index in [1.54, 1.807) is 27.4 Å². The summed E-state index contributed by atoms with van der Waals surface area (Å²) >= 11 is 0. The summed E-state index contributed by atoms with van der Waals surface area (Å²) < 4.78 is 29.2. The smallest absolute Gasteiger partial charge is 0.243 e. The van der Waals surface area contributed by atoms with Gasteiger partial charge in [0.1, 0.15) is 0 Å². The summed E-state index contributed by atoms with van der Waals surface area (Å²) in [6.45, 7) is 0.993. The number of nitrogens with zero attached hydrogens (tertiary/aromatic N) is 4. The Kier molecular flexibility index (Phi) is 3.69. The van der Waals surface area contributed by atoms with Crippen molar-refractivity contribution in [2.24, 2.45) is 0 Å². The van der Waals surface area contributed by atoms with E-state index in [0.29, 0.717) is 18.0 Å². The van der Waals surface area contributed by atoms with Gasteiger partial charge >= 0.3 is 0 Å². The summed E-state index contributed by atoms with van der Waals surface area (Å²) in [6, 6.07) is 5.71. The molecule has 23 heavy (non-hydrogen) atoms. The van der Waals surface area contributed by atoms with Gasteiger partial charge in [0, 0.05) is 19.3 Å². The molecule has 4 rings (SSSR count).